The normalized spacial score (nSPS) is 8.71. The second kappa shape index (κ2) is 11.0. The van der Waals surface area contributed by atoms with Crippen LogP contribution in [0.3, 0.4) is 0 Å². The lowest BCUT2D eigenvalue weighted by Crippen LogP contribution is -1.62. The van der Waals surface area contributed by atoms with Crippen molar-refractivity contribution in [2.75, 3.05) is 0 Å². The largest absolute Gasteiger partial charge is 0.0827 e. The van der Waals surface area contributed by atoms with E-state index in [4.69, 9.17) is 23.2 Å². The smallest absolute Gasteiger partial charge is 0.0592 e. The average Bonchev–Trinajstić information content (AvgIpc) is 2.54. The summed E-state index contributed by atoms with van der Waals surface area (Å²) in [6.07, 6.45) is 0. The number of hydrogen-bond acceptors (Lipinski definition) is 0. The van der Waals surface area contributed by atoms with E-state index in [-0.39, 0.29) is 0 Å². The lowest BCUT2D eigenvalue weighted by molar-refractivity contribution is 1.48. The fourth-order valence-electron chi connectivity index (χ4n) is 1.36. The predicted octanol–water partition coefficient (Wildman–Crippen LogP) is 6.68. The van der Waals surface area contributed by atoms with Crippen molar-refractivity contribution in [1.82, 2.24) is 0 Å². The molecule has 3 rings (SSSR count). The van der Waals surface area contributed by atoms with Crippen LogP contribution >= 0.6 is 23.2 Å². The van der Waals surface area contributed by atoms with Gasteiger partial charge in [-0.05, 0) is 19.1 Å². The summed E-state index contributed by atoms with van der Waals surface area (Å²) in [7, 11) is 0. The zero-order valence-electron chi connectivity index (χ0n) is 11.9. The van der Waals surface area contributed by atoms with Gasteiger partial charge in [-0.1, -0.05) is 108 Å². The molecule has 0 saturated carbocycles. The molecule has 0 saturated heterocycles. The molecule has 0 heterocycles. The Hall–Kier alpha value is -1.76. The van der Waals surface area contributed by atoms with Crippen molar-refractivity contribution in [2.24, 2.45) is 0 Å². The molecule has 0 aromatic heterocycles. The first kappa shape index (κ1) is 17.3. The van der Waals surface area contributed by atoms with Crippen LogP contribution in [0.25, 0.3) is 0 Å². The lowest BCUT2D eigenvalue weighted by atomic mass is 10.2. The Bertz CT molecular complexity index is 545. The molecule has 0 atom stereocenters. The highest BCUT2D eigenvalue weighted by atomic mass is 35.5. The van der Waals surface area contributed by atoms with Gasteiger partial charge in [-0.3, -0.25) is 0 Å². The van der Waals surface area contributed by atoms with E-state index in [2.05, 4.69) is 19.1 Å². The lowest BCUT2D eigenvalue weighted by Gasteiger charge is -1.88. The van der Waals surface area contributed by atoms with Gasteiger partial charge in [-0.25, -0.2) is 0 Å². The van der Waals surface area contributed by atoms with Crippen molar-refractivity contribution in [1.29, 1.82) is 0 Å². The van der Waals surface area contributed by atoms with Crippen LogP contribution < -0.4 is 0 Å². The van der Waals surface area contributed by atoms with E-state index in [9.17, 15) is 0 Å². The molecular weight excluding hydrogens is 299 g/mol. The molecule has 3 aromatic carbocycles. The number of benzene rings is 3. The third-order valence-electron chi connectivity index (χ3n) is 2.43. The van der Waals surface area contributed by atoms with Crippen molar-refractivity contribution < 1.29 is 0 Å². The van der Waals surface area contributed by atoms with E-state index in [1.165, 1.54) is 5.56 Å². The first-order valence-corrected chi connectivity index (χ1v) is 7.37. The topological polar surface area (TPSA) is 0 Å². The third-order valence-corrected chi connectivity index (χ3v) is 3.19. The molecule has 108 valence electrons. The summed E-state index contributed by atoms with van der Waals surface area (Å²) < 4.78 is 0. The van der Waals surface area contributed by atoms with E-state index in [0.29, 0.717) is 10.0 Å². The molecule has 0 bridgehead atoms. The van der Waals surface area contributed by atoms with Gasteiger partial charge in [-0.15, -0.1) is 0 Å². The maximum atomic E-state index is 5.58. The average molecular weight is 317 g/mol. The minimum absolute atomic E-state index is 0.606. The van der Waals surface area contributed by atoms with Crippen molar-refractivity contribution in [3.8, 4) is 0 Å². The van der Waals surface area contributed by atoms with Crippen LogP contribution in [-0.2, 0) is 0 Å². The zero-order valence-corrected chi connectivity index (χ0v) is 13.4. The minimum atomic E-state index is 0.606. The van der Waals surface area contributed by atoms with Gasteiger partial charge in [0.05, 0.1) is 10.0 Å². The highest BCUT2D eigenvalue weighted by Gasteiger charge is 1.89. The van der Waals surface area contributed by atoms with E-state index < -0.39 is 0 Å². The van der Waals surface area contributed by atoms with Gasteiger partial charge in [0.2, 0.25) is 0 Å². The molecule has 2 heteroatoms. The molecule has 0 spiro atoms. The number of hydrogen-bond donors (Lipinski definition) is 0. The molecule has 0 radical (unpaired) electrons. The number of halogens is 2. The van der Waals surface area contributed by atoms with Crippen molar-refractivity contribution in [2.45, 2.75) is 6.92 Å². The standard InChI is InChI=1S/C7H8.C6H4Cl2.C6H6/c1-7-5-3-2-4-6-7;7-5-3-1-2-4-6(5)8;1-2-4-6-5-3-1/h2-6H,1H3;1-4H;1-6H. The first-order valence-electron chi connectivity index (χ1n) is 6.62. The molecule has 0 nitrogen and oxygen atoms in total. The molecule has 0 aliphatic carbocycles. The summed E-state index contributed by atoms with van der Waals surface area (Å²) in [5.41, 5.74) is 1.32. The van der Waals surface area contributed by atoms with Gasteiger partial charge in [0.15, 0.2) is 0 Å². The minimum Gasteiger partial charge on any atom is -0.0827 e. The van der Waals surface area contributed by atoms with Gasteiger partial charge < -0.3 is 0 Å². The van der Waals surface area contributed by atoms with Crippen molar-refractivity contribution >= 4 is 23.2 Å². The fraction of sp³-hybridized carbons (Fsp3) is 0.0526. The summed E-state index contributed by atoms with van der Waals surface area (Å²) in [6, 6.07) is 29.5. The van der Waals surface area contributed by atoms with Crippen molar-refractivity contribution in [3.63, 3.8) is 0 Å². The maximum absolute atomic E-state index is 5.58. The molecule has 0 aliphatic heterocycles. The van der Waals surface area contributed by atoms with Crippen LogP contribution in [0.5, 0.6) is 0 Å². The summed E-state index contributed by atoms with van der Waals surface area (Å²) in [6.45, 7) is 2.08. The molecular formula is C19H18Cl2. The second-order valence-corrected chi connectivity index (χ2v) is 5.04. The molecule has 0 unspecified atom stereocenters. The zero-order chi connectivity index (χ0) is 15.3. The molecule has 3 aromatic rings. The fourth-order valence-corrected chi connectivity index (χ4v) is 1.63. The molecule has 0 fully saturated rings. The molecule has 0 amide bonds. The summed E-state index contributed by atoms with van der Waals surface area (Å²) in [5, 5.41) is 1.21. The highest BCUT2D eigenvalue weighted by Crippen LogP contribution is 2.19. The summed E-state index contributed by atoms with van der Waals surface area (Å²) in [5.74, 6) is 0. The molecule has 0 N–H and O–H groups in total. The first-order chi connectivity index (χ1) is 10.2. The molecule has 21 heavy (non-hydrogen) atoms. The Balaban J connectivity index is 0.000000159. The van der Waals surface area contributed by atoms with Crippen LogP contribution in [0.1, 0.15) is 5.56 Å². The van der Waals surface area contributed by atoms with Crippen LogP contribution in [0, 0.1) is 6.92 Å². The highest BCUT2D eigenvalue weighted by molar-refractivity contribution is 6.41. The third kappa shape index (κ3) is 8.91. The van der Waals surface area contributed by atoms with Gasteiger partial charge >= 0.3 is 0 Å². The van der Waals surface area contributed by atoms with Crippen molar-refractivity contribution in [3.05, 3.63) is 107 Å². The summed E-state index contributed by atoms with van der Waals surface area (Å²) >= 11 is 11.2. The van der Waals surface area contributed by atoms with Gasteiger partial charge in [0, 0.05) is 0 Å². The van der Waals surface area contributed by atoms with Crippen LogP contribution in [0.15, 0.2) is 91.0 Å². The Kier molecular flexibility index (Phi) is 9.03. The van der Waals surface area contributed by atoms with E-state index in [0.717, 1.165) is 0 Å². The second-order valence-electron chi connectivity index (χ2n) is 4.22. The quantitative estimate of drug-likeness (QED) is 0.434. The maximum Gasteiger partial charge on any atom is 0.0592 e. The Morgan fingerprint density at radius 2 is 0.762 bits per heavy atom. The van der Waals surface area contributed by atoms with E-state index >= 15 is 0 Å². The Morgan fingerprint density at radius 1 is 0.476 bits per heavy atom. The molecule has 0 aliphatic rings. The van der Waals surface area contributed by atoms with E-state index in [1.807, 2.05) is 66.7 Å². The Labute approximate surface area is 137 Å². The summed E-state index contributed by atoms with van der Waals surface area (Å²) in [4.78, 5) is 0. The van der Waals surface area contributed by atoms with Gasteiger partial charge in [0.1, 0.15) is 0 Å². The van der Waals surface area contributed by atoms with Gasteiger partial charge in [0.25, 0.3) is 0 Å². The number of aryl methyl sites for hydroxylation is 1. The van der Waals surface area contributed by atoms with Crippen LogP contribution in [-0.4, -0.2) is 0 Å². The monoisotopic (exact) mass is 316 g/mol. The van der Waals surface area contributed by atoms with Gasteiger partial charge in [-0.2, -0.15) is 0 Å². The number of rotatable bonds is 0. The van der Waals surface area contributed by atoms with Crippen LogP contribution in [0.4, 0.5) is 0 Å². The van der Waals surface area contributed by atoms with Crippen LogP contribution in [0.2, 0.25) is 10.0 Å². The van der Waals surface area contributed by atoms with E-state index in [1.54, 1.807) is 12.1 Å². The SMILES string of the molecule is Cc1ccccc1.Clc1ccccc1Cl.c1ccccc1. The predicted molar refractivity (Wildman–Crippen MR) is 94.1 cm³/mol. The Morgan fingerprint density at radius 3 is 1.00 bits per heavy atom.